The van der Waals surface area contributed by atoms with Gasteiger partial charge in [-0.25, -0.2) is 4.98 Å². The van der Waals surface area contributed by atoms with E-state index in [0.717, 1.165) is 70.2 Å². The average molecular weight is 387 g/mol. The van der Waals surface area contributed by atoms with E-state index in [0.29, 0.717) is 11.7 Å². The third kappa shape index (κ3) is 3.98. The first kappa shape index (κ1) is 19.1. The maximum absolute atomic E-state index is 11.9. The van der Waals surface area contributed by atoms with Gasteiger partial charge in [0.1, 0.15) is 11.6 Å². The lowest BCUT2D eigenvalue weighted by molar-refractivity contribution is 0.121. The van der Waals surface area contributed by atoms with Crippen LogP contribution in [0.3, 0.4) is 0 Å². The van der Waals surface area contributed by atoms with E-state index in [1.165, 1.54) is 11.4 Å². The number of morpholine rings is 1. The third-order valence-electron chi connectivity index (χ3n) is 5.81. The Morgan fingerprint density at radius 3 is 2.79 bits per heavy atom. The summed E-state index contributed by atoms with van der Waals surface area (Å²) in [6.45, 7) is 10.2. The fraction of sp³-hybridized carbons (Fsp3) is 0.650. The molecule has 2 fully saturated rings. The Morgan fingerprint density at radius 2 is 2.04 bits per heavy atom. The van der Waals surface area contributed by atoms with Crippen molar-refractivity contribution in [2.45, 2.75) is 39.2 Å². The van der Waals surface area contributed by atoms with Gasteiger partial charge < -0.3 is 14.6 Å². The summed E-state index contributed by atoms with van der Waals surface area (Å²) in [4.78, 5) is 24.1. The average Bonchev–Trinajstić information content (AvgIpc) is 2.95. The second-order valence-corrected chi connectivity index (χ2v) is 7.94. The van der Waals surface area contributed by atoms with E-state index in [-0.39, 0.29) is 5.56 Å². The molecule has 2 aromatic rings. The molecule has 2 aliphatic heterocycles. The second-order valence-electron chi connectivity index (χ2n) is 7.94. The summed E-state index contributed by atoms with van der Waals surface area (Å²) in [5.74, 6) is 2.21. The Hall–Kier alpha value is -2.19. The van der Waals surface area contributed by atoms with Crippen LogP contribution in [-0.4, -0.2) is 64.0 Å². The van der Waals surface area contributed by atoms with E-state index in [9.17, 15) is 4.79 Å². The number of likely N-dealkylation sites (tertiary alicyclic amines) is 1. The van der Waals surface area contributed by atoms with Gasteiger partial charge in [-0.15, -0.1) is 0 Å². The van der Waals surface area contributed by atoms with Gasteiger partial charge in [-0.05, 0) is 33.2 Å². The Labute approximate surface area is 165 Å². The lowest BCUT2D eigenvalue weighted by atomic mass is 9.94. The summed E-state index contributed by atoms with van der Waals surface area (Å²) < 4.78 is 7.54. The summed E-state index contributed by atoms with van der Waals surface area (Å²) >= 11 is 0. The van der Waals surface area contributed by atoms with Crippen molar-refractivity contribution in [2.75, 3.05) is 44.3 Å². The van der Waals surface area contributed by atoms with Crippen molar-refractivity contribution < 1.29 is 4.74 Å². The molecule has 0 bridgehead atoms. The van der Waals surface area contributed by atoms with Gasteiger partial charge in [-0.1, -0.05) is 0 Å². The van der Waals surface area contributed by atoms with Gasteiger partial charge in [-0.3, -0.25) is 14.4 Å². The standard InChI is InChI=1S/C20H30N6O2/c1-14-17(20(24(3)23-14)26-7-9-28-10-8-26)13-25-6-4-5-16(12-25)18-11-19(27)22-15(2)21-18/h11,16H,4-10,12-13H2,1-3H3,(H,21,22,27). The maximum Gasteiger partial charge on any atom is 0.251 e. The monoisotopic (exact) mass is 386 g/mol. The van der Waals surface area contributed by atoms with Crippen LogP contribution in [0, 0.1) is 13.8 Å². The van der Waals surface area contributed by atoms with E-state index in [1.54, 1.807) is 6.07 Å². The van der Waals surface area contributed by atoms with Crippen molar-refractivity contribution in [3.05, 3.63) is 39.2 Å². The van der Waals surface area contributed by atoms with Crippen LogP contribution in [0.15, 0.2) is 10.9 Å². The van der Waals surface area contributed by atoms with Gasteiger partial charge in [0.15, 0.2) is 0 Å². The summed E-state index contributed by atoms with van der Waals surface area (Å²) in [5, 5.41) is 4.70. The number of rotatable bonds is 4. The zero-order valence-corrected chi connectivity index (χ0v) is 17.1. The summed E-state index contributed by atoms with van der Waals surface area (Å²) in [5.41, 5.74) is 3.26. The lowest BCUT2D eigenvalue weighted by Gasteiger charge is -2.34. The largest absolute Gasteiger partial charge is 0.378 e. The summed E-state index contributed by atoms with van der Waals surface area (Å²) in [6.07, 6.45) is 2.19. The highest BCUT2D eigenvalue weighted by atomic mass is 16.5. The van der Waals surface area contributed by atoms with Gasteiger partial charge in [-0.2, -0.15) is 5.10 Å². The predicted molar refractivity (Wildman–Crippen MR) is 108 cm³/mol. The zero-order valence-electron chi connectivity index (χ0n) is 17.1. The summed E-state index contributed by atoms with van der Waals surface area (Å²) in [6, 6.07) is 1.66. The number of hydrogen-bond donors (Lipinski definition) is 1. The van der Waals surface area contributed by atoms with Crippen LogP contribution >= 0.6 is 0 Å². The van der Waals surface area contributed by atoms with Crippen molar-refractivity contribution in [1.29, 1.82) is 0 Å². The molecule has 28 heavy (non-hydrogen) atoms. The Kier molecular flexibility index (Phi) is 5.50. The molecule has 2 aliphatic rings. The van der Waals surface area contributed by atoms with Gasteiger partial charge in [0.2, 0.25) is 0 Å². The first-order chi connectivity index (χ1) is 13.5. The number of piperidine rings is 1. The van der Waals surface area contributed by atoms with Crippen molar-refractivity contribution in [3.63, 3.8) is 0 Å². The highest BCUT2D eigenvalue weighted by Gasteiger charge is 2.27. The fourth-order valence-corrected chi connectivity index (χ4v) is 4.52. The normalized spacial score (nSPS) is 21.2. The van der Waals surface area contributed by atoms with E-state index in [2.05, 4.69) is 26.7 Å². The molecule has 4 heterocycles. The topological polar surface area (TPSA) is 79.3 Å². The molecule has 0 aromatic carbocycles. The minimum absolute atomic E-state index is 0.0580. The van der Waals surface area contributed by atoms with Crippen molar-refractivity contribution >= 4 is 5.82 Å². The minimum Gasteiger partial charge on any atom is -0.378 e. The molecule has 0 saturated carbocycles. The first-order valence-corrected chi connectivity index (χ1v) is 10.2. The number of ether oxygens (including phenoxy) is 1. The molecule has 152 valence electrons. The van der Waals surface area contributed by atoms with Gasteiger partial charge in [0.05, 0.1) is 24.6 Å². The molecular weight excluding hydrogens is 356 g/mol. The van der Waals surface area contributed by atoms with E-state index in [1.807, 2.05) is 18.7 Å². The van der Waals surface area contributed by atoms with Crippen LogP contribution < -0.4 is 10.5 Å². The van der Waals surface area contributed by atoms with Crippen molar-refractivity contribution in [2.24, 2.45) is 7.05 Å². The molecule has 1 atom stereocenters. The molecule has 1 N–H and O–H groups in total. The number of aromatic nitrogens is 4. The molecule has 4 rings (SSSR count). The van der Waals surface area contributed by atoms with Crippen LogP contribution in [-0.2, 0) is 18.3 Å². The number of hydrogen-bond acceptors (Lipinski definition) is 6. The molecule has 0 radical (unpaired) electrons. The maximum atomic E-state index is 11.9. The number of aromatic amines is 1. The fourth-order valence-electron chi connectivity index (χ4n) is 4.52. The third-order valence-corrected chi connectivity index (χ3v) is 5.81. The smallest absolute Gasteiger partial charge is 0.251 e. The number of nitrogens with zero attached hydrogens (tertiary/aromatic N) is 5. The summed E-state index contributed by atoms with van der Waals surface area (Å²) in [7, 11) is 2.03. The molecule has 1 unspecified atom stereocenters. The Balaban J connectivity index is 1.53. The van der Waals surface area contributed by atoms with Gasteiger partial charge in [0.25, 0.3) is 5.56 Å². The molecule has 2 aromatic heterocycles. The van der Waals surface area contributed by atoms with Crippen LogP contribution in [0.4, 0.5) is 5.82 Å². The highest BCUT2D eigenvalue weighted by molar-refractivity contribution is 5.50. The Morgan fingerprint density at radius 1 is 1.25 bits per heavy atom. The molecule has 8 heteroatoms. The van der Waals surface area contributed by atoms with Crippen LogP contribution in [0.1, 0.15) is 41.5 Å². The molecule has 0 spiro atoms. The predicted octanol–water partition coefficient (Wildman–Crippen LogP) is 1.34. The molecule has 0 amide bonds. The van der Waals surface area contributed by atoms with Crippen LogP contribution in [0.2, 0.25) is 0 Å². The minimum atomic E-state index is -0.0580. The van der Waals surface area contributed by atoms with Crippen molar-refractivity contribution in [1.82, 2.24) is 24.6 Å². The Bertz CT molecular complexity index is 883. The molecule has 0 aliphatic carbocycles. The lowest BCUT2D eigenvalue weighted by Crippen LogP contribution is -2.39. The second kappa shape index (κ2) is 8.05. The molecule has 8 nitrogen and oxygen atoms in total. The number of aryl methyl sites for hydroxylation is 3. The van der Waals surface area contributed by atoms with Crippen LogP contribution in [0.5, 0.6) is 0 Å². The quantitative estimate of drug-likeness (QED) is 0.854. The van der Waals surface area contributed by atoms with Gasteiger partial charge in [0, 0.05) is 50.8 Å². The highest BCUT2D eigenvalue weighted by Crippen LogP contribution is 2.30. The van der Waals surface area contributed by atoms with Crippen LogP contribution in [0.25, 0.3) is 0 Å². The zero-order chi connectivity index (χ0) is 19.7. The van der Waals surface area contributed by atoms with Crippen molar-refractivity contribution in [3.8, 4) is 0 Å². The number of anilines is 1. The van der Waals surface area contributed by atoms with E-state index in [4.69, 9.17) is 9.84 Å². The molecular formula is C20H30N6O2. The molecule has 2 saturated heterocycles. The number of H-pyrrole nitrogens is 1. The first-order valence-electron chi connectivity index (χ1n) is 10.2. The van der Waals surface area contributed by atoms with E-state index >= 15 is 0 Å². The SMILES string of the molecule is Cc1nc(C2CCCN(Cc3c(C)nn(C)c3N3CCOCC3)C2)cc(=O)[nH]1. The number of nitrogens with one attached hydrogen (secondary N) is 1. The van der Waals surface area contributed by atoms with E-state index < -0.39 is 0 Å². The van der Waals surface area contributed by atoms with Gasteiger partial charge >= 0.3 is 0 Å².